The Kier molecular flexibility index (Phi) is 2.21. The first-order valence-electron chi connectivity index (χ1n) is 5.42. The van der Waals surface area contributed by atoms with Crippen molar-refractivity contribution < 1.29 is 0 Å². The second-order valence-corrected chi connectivity index (χ2v) is 5.20. The third-order valence-electron chi connectivity index (χ3n) is 3.14. The van der Waals surface area contributed by atoms with Gasteiger partial charge in [-0.1, -0.05) is 48.3 Å². The van der Waals surface area contributed by atoms with Gasteiger partial charge in [0.05, 0.1) is 0 Å². The Morgan fingerprint density at radius 3 is 2.62 bits per heavy atom. The van der Waals surface area contributed by atoms with Gasteiger partial charge in [-0.15, -0.1) is 0 Å². The van der Waals surface area contributed by atoms with E-state index in [-0.39, 0.29) is 0 Å². The summed E-state index contributed by atoms with van der Waals surface area (Å²) in [6, 6.07) is 14.7. The molecule has 0 fully saturated rings. The third-order valence-corrected chi connectivity index (χ3v) is 4.31. The summed E-state index contributed by atoms with van der Waals surface area (Å²) in [5.74, 6) is 0. The highest BCUT2D eigenvalue weighted by atomic mass is 32.2. The Hall–Kier alpha value is -1.35. The number of anilines is 1. The van der Waals surface area contributed by atoms with E-state index in [0.29, 0.717) is 6.71 Å². The quantitative estimate of drug-likeness (QED) is 0.548. The predicted molar refractivity (Wildman–Crippen MR) is 72.3 cm³/mol. The minimum atomic E-state index is 0.397. The maximum absolute atomic E-state index is 6.08. The molecule has 3 heteroatoms. The molecular formula is C13H12BNS. The number of hydrogen-bond acceptors (Lipinski definition) is 2. The lowest BCUT2D eigenvalue weighted by Crippen LogP contribution is -2.45. The fourth-order valence-electron chi connectivity index (χ4n) is 2.32. The van der Waals surface area contributed by atoms with Crippen LogP contribution in [0, 0.1) is 0 Å². The highest BCUT2D eigenvalue weighted by Gasteiger charge is 2.26. The summed E-state index contributed by atoms with van der Waals surface area (Å²) < 4.78 is 0. The second kappa shape index (κ2) is 3.60. The van der Waals surface area contributed by atoms with Crippen LogP contribution in [0.25, 0.3) is 0 Å². The van der Waals surface area contributed by atoms with Crippen LogP contribution in [0.1, 0.15) is 0 Å². The lowest BCUT2D eigenvalue weighted by atomic mass is 9.42. The molecular weight excluding hydrogens is 213 g/mol. The maximum atomic E-state index is 6.08. The van der Waals surface area contributed by atoms with E-state index < -0.39 is 0 Å². The Morgan fingerprint density at radius 1 is 1.00 bits per heavy atom. The van der Waals surface area contributed by atoms with Crippen molar-refractivity contribution in [3.63, 3.8) is 0 Å². The fourth-order valence-corrected chi connectivity index (χ4v) is 3.62. The summed E-state index contributed by atoms with van der Waals surface area (Å²) in [6.45, 7) is 2.63. The Bertz CT molecular complexity index is 553. The minimum Gasteiger partial charge on any atom is -0.399 e. The molecule has 0 spiro atoms. The van der Waals surface area contributed by atoms with Crippen molar-refractivity contribution >= 4 is 35.1 Å². The van der Waals surface area contributed by atoms with Gasteiger partial charge in [-0.25, -0.2) is 0 Å². The van der Waals surface area contributed by atoms with Crippen molar-refractivity contribution in [3.05, 3.63) is 42.5 Å². The van der Waals surface area contributed by atoms with Gasteiger partial charge in [0.25, 0.3) is 0 Å². The molecule has 3 rings (SSSR count). The van der Waals surface area contributed by atoms with E-state index in [0.717, 1.165) is 5.69 Å². The Morgan fingerprint density at radius 2 is 1.75 bits per heavy atom. The summed E-state index contributed by atoms with van der Waals surface area (Å²) in [7, 11) is 0. The molecule has 16 heavy (non-hydrogen) atoms. The number of rotatable bonds is 0. The average Bonchev–Trinajstić information content (AvgIpc) is 2.29. The van der Waals surface area contributed by atoms with Crippen LogP contribution in [0.15, 0.2) is 52.3 Å². The fraction of sp³-hybridized carbons (Fsp3) is 0.0769. The predicted octanol–water partition coefficient (Wildman–Crippen LogP) is 1.97. The number of nitrogen functional groups attached to an aromatic ring is 1. The number of hydrogen-bond donors (Lipinski definition) is 1. The van der Waals surface area contributed by atoms with Gasteiger partial charge in [-0.05, 0) is 23.7 Å². The standard InChI is InChI=1S/C13H12BNS/c1-14-9-5-2-3-7-11(9)16-12-8-4-6-10(15)13(12)14/h2-8H,15H2,1H3. The van der Waals surface area contributed by atoms with Gasteiger partial charge in [0.2, 0.25) is 6.71 Å². The first-order valence-corrected chi connectivity index (χ1v) is 6.24. The molecule has 0 radical (unpaired) electrons. The van der Waals surface area contributed by atoms with Crippen LogP contribution in [0.4, 0.5) is 5.69 Å². The van der Waals surface area contributed by atoms with Crippen LogP contribution in [-0.4, -0.2) is 6.71 Å². The van der Waals surface area contributed by atoms with Crippen molar-refractivity contribution in [1.29, 1.82) is 0 Å². The molecule has 1 aliphatic rings. The smallest absolute Gasteiger partial charge is 0.211 e. The molecule has 0 aliphatic carbocycles. The van der Waals surface area contributed by atoms with Crippen molar-refractivity contribution in [2.75, 3.05) is 5.73 Å². The number of benzene rings is 2. The van der Waals surface area contributed by atoms with Crippen molar-refractivity contribution in [2.24, 2.45) is 0 Å². The Labute approximate surface area is 100 Å². The molecule has 0 amide bonds. The largest absolute Gasteiger partial charge is 0.399 e. The average molecular weight is 225 g/mol. The van der Waals surface area contributed by atoms with E-state index in [1.165, 1.54) is 20.7 Å². The normalized spacial score (nSPS) is 13.2. The molecule has 0 atom stereocenters. The van der Waals surface area contributed by atoms with E-state index in [1.807, 2.05) is 23.9 Å². The number of fused-ring (bicyclic) bond motifs is 2. The monoisotopic (exact) mass is 225 g/mol. The van der Waals surface area contributed by atoms with Crippen LogP contribution in [0.2, 0.25) is 6.82 Å². The first-order chi connectivity index (χ1) is 7.77. The van der Waals surface area contributed by atoms with Crippen molar-refractivity contribution in [3.8, 4) is 0 Å². The van der Waals surface area contributed by atoms with E-state index in [9.17, 15) is 0 Å². The molecule has 2 aromatic carbocycles. The van der Waals surface area contributed by atoms with Gasteiger partial charge >= 0.3 is 0 Å². The SMILES string of the molecule is CB1c2ccccc2Sc2cccc(N)c21. The molecule has 0 aromatic heterocycles. The lowest BCUT2D eigenvalue weighted by molar-refractivity contribution is 1.43. The van der Waals surface area contributed by atoms with Gasteiger partial charge in [-0.2, -0.15) is 0 Å². The molecule has 78 valence electrons. The lowest BCUT2D eigenvalue weighted by Gasteiger charge is -2.24. The zero-order chi connectivity index (χ0) is 11.1. The van der Waals surface area contributed by atoms with Gasteiger partial charge < -0.3 is 5.73 Å². The summed E-state index contributed by atoms with van der Waals surface area (Å²) in [5, 5.41) is 0. The molecule has 2 aromatic rings. The summed E-state index contributed by atoms with van der Waals surface area (Å²) >= 11 is 1.82. The minimum absolute atomic E-state index is 0.397. The molecule has 0 bridgehead atoms. The van der Waals surface area contributed by atoms with E-state index in [2.05, 4.69) is 37.2 Å². The summed E-state index contributed by atoms with van der Waals surface area (Å²) in [5.41, 5.74) is 9.66. The highest BCUT2D eigenvalue weighted by molar-refractivity contribution is 8.00. The van der Waals surface area contributed by atoms with Gasteiger partial charge in [-0.3, -0.25) is 0 Å². The van der Waals surface area contributed by atoms with Gasteiger partial charge in [0.1, 0.15) is 0 Å². The van der Waals surface area contributed by atoms with Crippen molar-refractivity contribution in [1.82, 2.24) is 0 Å². The first kappa shape index (κ1) is 9.85. The zero-order valence-corrected chi connectivity index (χ0v) is 9.92. The van der Waals surface area contributed by atoms with E-state index >= 15 is 0 Å². The zero-order valence-electron chi connectivity index (χ0n) is 9.10. The Balaban J connectivity index is 2.23. The van der Waals surface area contributed by atoms with Crippen LogP contribution in [0.3, 0.4) is 0 Å². The molecule has 0 unspecified atom stereocenters. The van der Waals surface area contributed by atoms with Gasteiger partial charge in [0, 0.05) is 15.5 Å². The third kappa shape index (κ3) is 1.35. The van der Waals surface area contributed by atoms with Crippen LogP contribution in [0.5, 0.6) is 0 Å². The molecule has 1 nitrogen and oxygen atoms in total. The topological polar surface area (TPSA) is 26.0 Å². The summed E-state index contributed by atoms with van der Waals surface area (Å²) in [6.07, 6.45) is 0. The van der Waals surface area contributed by atoms with Crippen LogP contribution < -0.4 is 16.7 Å². The molecule has 0 saturated carbocycles. The van der Waals surface area contributed by atoms with Crippen LogP contribution in [-0.2, 0) is 0 Å². The van der Waals surface area contributed by atoms with E-state index in [1.54, 1.807) is 0 Å². The molecule has 0 saturated heterocycles. The van der Waals surface area contributed by atoms with Crippen LogP contribution >= 0.6 is 11.8 Å². The van der Waals surface area contributed by atoms with Crippen molar-refractivity contribution in [2.45, 2.75) is 16.6 Å². The molecule has 2 N–H and O–H groups in total. The highest BCUT2D eigenvalue weighted by Crippen LogP contribution is 2.30. The van der Waals surface area contributed by atoms with Gasteiger partial charge in [0.15, 0.2) is 0 Å². The molecule has 1 aliphatic heterocycles. The molecule has 1 heterocycles. The van der Waals surface area contributed by atoms with E-state index in [4.69, 9.17) is 5.73 Å². The summed E-state index contributed by atoms with van der Waals surface area (Å²) in [4.78, 5) is 2.65. The second-order valence-electron chi connectivity index (χ2n) is 4.12. The number of nitrogens with two attached hydrogens (primary N) is 1. The maximum Gasteiger partial charge on any atom is 0.211 e.